The number of aryl methyl sites for hydroxylation is 1. The summed E-state index contributed by atoms with van der Waals surface area (Å²) in [5.74, 6) is -1.06. The average molecular weight is 491 g/mol. The highest BCUT2D eigenvalue weighted by Crippen LogP contribution is 2.42. The van der Waals surface area contributed by atoms with E-state index in [1.165, 1.54) is 4.90 Å². The van der Waals surface area contributed by atoms with Crippen molar-refractivity contribution >= 4 is 34.7 Å². The molecule has 1 saturated heterocycles. The molecule has 1 N–H and O–H groups in total. The van der Waals surface area contributed by atoms with Crippen molar-refractivity contribution in [2.45, 2.75) is 39.2 Å². The number of aromatic nitrogens is 1. The number of aliphatic hydroxyl groups is 1. The summed E-state index contributed by atoms with van der Waals surface area (Å²) < 4.78 is 5.75. The Kier molecular flexibility index (Phi) is 7.51. The number of carbonyl (C=O) groups excluding carboxylic acids is 2. The quantitative estimate of drug-likeness (QED) is 0.175. The molecule has 0 aliphatic carbocycles. The lowest BCUT2D eigenvalue weighted by Gasteiger charge is -2.25. The lowest BCUT2D eigenvalue weighted by Crippen LogP contribution is -2.29. The second-order valence-electron chi connectivity index (χ2n) is 8.46. The van der Waals surface area contributed by atoms with Crippen LogP contribution in [0.25, 0.3) is 5.76 Å². The van der Waals surface area contributed by atoms with Crippen LogP contribution in [0.1, 0.15) is 48.9 Å². The summed E-state index contributed by atoms with van der Waals surface area (Å²) in [7, 11) is 0. The fraction of sp³-hybridized carbons (Fsp3) is 0.250. The number of ketones is 1. The van der Waals surface area contributed by atoms with Crippen molar-refractivity contribution in [3.05, 3.63) is 94.3 Å². The van der Waals surface area contributed by atoms with E-state index in [2.05, 4.69) is 11.9 Å². The molecule has 1 atom stereocenters. The van der Waals surface area contributed by atoms with Crippen LogP contribution in [-0.2, 0) is 9.59 Å². The molecule has 0 radical (unpaired) electrons. The monoisotopic (exact) mass is 490 g/mol. The molecule has 180 valence electrons. The number of aliphatic hydroxyl groups excluding tert-OH is 1. The Morgan fingerprint density at radius 2 is 1.77 bits per heavy atom. The van der Waals surface area contributed by atoms with Gasteiger partial charge < -0.3 is 9.84 Å². The zero-order chi connectivity index (χ0) is 24.9. The molecule has 2 aromatic carbocycles. The molecule has 1 unspecified atom stereocenters. The lowest BCUT2D eigenvalue weighted by atomic mass is 9.95. The first kappa shape index (κ1) is 24.5. The van der Waals surface area contributed by atoms with E-state index in [0.717, 1.165) is 24.8 Å². The molecule has 1 aliphatic heterocycles. The molecule has 0 bridgehead atoms. The van der Waals surface area contributed by atoms with Crippen molar-refractivity contribution in [1.29, 1.82) is 0 Å². The van der Waals surface area contributed by atoms with E-state index in [-0.39, 0.29) is 11.3 Å². The van der Waals surface area contributed by atoms with Gasteiger partial charge in [-0.3, -0.25) is 19.5 Å². The zero-order valence-electron chi connectivity index (χ0n) is 19.7. The van der Waals surface area contributed by atoms with Crippen molar-refractivity contribution in [3.8, 4) is 5.75 Å². The van der Waals surface area contributed by atoms with Gasteiger partial charge in [-0.1, -0.05) is 37.4 Å². The third kappa shape index (κ3) is 5.08. The second kappa shape index (κ2) is 10.7. The summed E-state index contributed by atoms with van der Waals surface area (Å²) in [6, 6.07) is 14.7. The Morgan fingerprint density at radius 1 is 1.06 bits per heavy atom. The minimum atomic E-state index is -0.832. The van der Waals surface area contributed by atoms with Gasteiger partial charge in [0.15, 0.2) is 0 Å². The summed E-state index contributed by atoms with van der Waals surface area (Å²) >= 11 is 6.33. The number of amides is 1. The van der Waals surface area contributed by atoms with E-state index in [1.807, 2.05) is 6.92 Å². The predicted molar refractivity (Wildman–Crippen MR) is 137 cm³/mol. The van der Waals surface area contributed by atoms with Gasteiger partial charge in [-0.05, 0) is 73.0 Å². The van der Waals surface area contributed by atoms with Crippen LogP contribution >= 0.6 is 11.6 Å². The van der Waals surface area contributed by atoms with Crippen LogP contribution < -0.4 is 9.64 Å². The Bertz CT molecular complexity index is 1260. The molecule has 35 heavy (non-hydrogen) atoms. The molecule has 1 aromatic heterocycles. The molecule has 1 fully saturated rings. The highest BCUT2D eigenvalue weighted by atomic mass is 35.5. The average Bonchev–Trinajstić information content (AvgIpc) is 3.14. The van der Waals surface area contributed by atoms with Gasteiger partial charge in [-0.15, -0.1) is 0 Å². The van der Waals surface area contributed by atoms with Gasteiger partial charge in [0, 0.05) is 28.7 Å². The Hall–Kier alpha value is -3.64. The number of unbranched alkanes of at least 4 members (excludes halogenated alkanes) is 2. The van der Waals surface area contributed by atoms with Gasteiger partial charge in [-0.2, -0.15) is 0 Å². The molecule has 1 amide bonds. The minimum Gasteiger partial charge on any atom is -0.507 e. The van der Waals surface area contributed by atoms with Crippen molar-refractivity contribution < 1.29 is 19.4 Å². The highest BCUT2D eigenvalue weighted by molar-refractivity contribution is 6.51. The first-order chi connectivity index (χ1) is 16.9. The summed E-state index contributed by atoms with van der Waals surface area (Å²) in [6.45, 7) is 4.61. The zero-order valence-corrected chi connectivity index (χ0v) is 20.5. The van der Waals surface area contributed by atoms with Crippen molar-refractivity contribution in [2.24, 2.45) is 0 Å². The summed E-state index contributed by atoms with van der Waals surface area (Å²) in [5.41, 5.74) is 2.40. The normalized spacial score (nSPS) is 17.1. The fourth-order valence-electron chi connectivity index (χ4n) is 4.10. The third-order valence-corrected chi connectivity index (χ3v) is 6.45. The lowest BCUT2D eigenvalue weighted by molar-refractivity contribution is -0.132. The molecule has 4 rings (SSSR count). The largest absolute Gasteiger partial charge is 0.507 e. The Labute approximate surface area is 209 Å². The van der Waals surface area contributed by atoms with Crippen LogP contribution in [0.3, 0.4) is 0 Å². The molecule has 6 nitrogen and oxygen atoms in total. The Morgan fingerprint density at radius 3 is 2.43 bits per heavy atom. The smallest absolute Gasteiger partial charge is 0.300 e. The fourth-order valence-corrected chi connectivity index (χ4v) is 4.27. The van der Waals surface area contributed by atoms with Gasteiger partial charge in [0.05, 0.1) is 18.2 Å². The number of anilines is 1. The van der Waals surface area contributed by atoms with Crippen LogP contribution in [0.2, 0.25) is 5.02 Å². The summed E-state index contributed by atoms with van der Waals surface area (Å²) in [5, 5.41) is 11.7. The summed E-state index contributed by atoms with van der Waals surface area (Å²) in [4.78, 5) is 31.9. The van der Waals surface area contributed by atoms with E-state index >= 15 is 0 Å². The van der Waals surface area contributed by atoms with Crippen LogP contribution in [0, 0.1) is 6.92 Å². The first-order valence-corrected chi connectivity index (χ1v) is 12.0. The molecule has 7 heteroatoms. The van der Waals surface area contributed by atoms with Gasteiger partial charge in [0.1, 0.15) is 11.5 Å². The van der Waals surface area contributed by atoms with E-state index in [4.69, 9.17) is 16.3 Å². The third-order valence-electron chi connectivity index (χ3n) is 6.04. The van der Waals surface area contributed by atoms with Crippen LogP contribution in [0.4, 0.5) is 5.69 Å². The predicted octanol–water partition coefficient (Wildman–Crippen LogP) is 6.24. The second-order valence-corrected chi connectivity index (χ2v) is 8.87. The standard InChI is InChI=1S/C28H27ClN2O4/c1-3-4-5-16-35-22-10-7-20(8-11-22)26(32)24-25(19-12-14-30-15-13-19)31(28(34)27(24)33)21-9-6-18(2)23(29)17-21/h6-15,17,25,32H,3-5,16H2,1-2H3/b26-24+. The molecule has 0 spiro atoms. The SMILES string of the molecule is CCCCCOc1ccc(/C(O)=C2\C(=O)C(=O)N(c3ccc(C)c(Cl)c3)C2c2ccncc2)cc1. The van der Waals surface area contributed by atoms with E-state index in [0.29, 0.717) is 34.2 Å². The number of pyridine rings is 1. The number of rotatable bonds is 8. The number of halogens is 1. The number of benzene rings is 2. The first-order valence-electron chi connectivity index (χ1n) is 11.6. The molecule has 0 saturated carbocycles. The maximum absolute atomic E-state index is 13.2. The molecule has 3 aromatic rings. The maximum Gasteiger partial charge on any atom is 0.300 e. The highest BCUT2D eigenvalue weighted by Gasteiger charge is 2.47. The maximum atomic E-state index is 13.2. The van der Waals surface area contributed by atoms with E-state index in [9.17, 15) is 14.7 Å². The van der Waals surface area contributed by atoms with Crippen molar-refractivity contribution in [1.82, 2.24) is 4.98 Å². The van der Waals surface area contributed by atoms with Gasteiger partial charge in [0.2, 0.25) is 0 Å². The molecule has 2 heterocycles. The number of hydrogen-bond donors (Lipinski definition) is 1. The molecular formula is C28H27ClN2O4. The van der Waals surface area contributed by atoms with Gasteiger partial charge in [-0.25, -0.2) is 0 Å². The van der Waals surface area contributed by atoms with E-state index in [1.54, 1.807) is 67.0 Å². The topological polar surface area (TPSA) is 79.7 Å². The number of carbonyl (C=O) groups is 2. The molecule has 1 aliphatic rings. The van der Waals surface area contributed by atoms with Crippen molar-refractivity contribution in [3.63, 3.8) is 0 Å². The number of Topliss-reactive ketones (excluding diaryl/α,β-unsaturated/α-hetero) is 1. The van der Waals surface area contributed by atoms with Gasteiger partial charge >= 0.3 is 0 Å². The number of nitrogens with zero attached hydrogens (tertiary/aromatic N) is 2. The van der Waals surface area contributed by atoms with Crippen LogP contribution in [-0.4, -0.2) is 28.4 Å². The summed E-state index contributed by atoms with van der Waals surface area (Å²) in [6.07, 6.45) is 6.35. The van der Waals surface area contributed by atoms with Crippen LogP contribution in [0.15, 0.2) is 72.6 Å². The number of ether oxygens (including phenoxy) is 1. The van der Waals surface area contributed by atoms with E-state index < -0.39 is 17.7 Å². The Balaban J connectivity index is 1.75. The van der Waals surface area contributed by atoms with Gasteiger partial charge in [0.25, 0.3) is 11.7 Å². The molecular weight excluding hydrogens is 464 g/mol. The number of hydrogen-bond acceptors (Lipinski definition) is 5. The minimum absolute atomic E-state index is 0.00881. The van der Waals surface area contributed by atoms with Crippen LogP contribution in [0.5, 0.6) is 5.75 Å². The van der Waals surface area contributed by atoms with Crippen molar-refractivity contribution in [2.75, 3.05) is 11.5 Å².